The largest absolute Gasteiger partial charge is 0.462 e. The first-order valence-corrected chi connectivity index (χ1v) is 21.7. The van der Waals surface area contributed by atoms with Crippen molar-refractivity contribution in [3.8, 4) is 0 Å². The highest BCUT2D eigenvalue weighted by Gasteiger charge is 2.19. The topological polar surface area (TPSA) is 78.9 Å². The molecule has 1 atom stereocenters. The number of esters is 3. The Hall–Kier alpha value is -1.59. The molecule has 296 valence electrons. The molecule has 0 rings (SSSR count). The quantitative estimate of drug-likeness (QED) is 0.0361. The van der Waals surface area contributed by atoms with Crippen molar-refractivity contribution in [2.24, 2.45) is 11.8 Å². The van der Waals surface area contributed by atoms with Gasteiger partial charge in [-0.25, -0.2) is 0 Å². The summed E-state index contributed by atoms with van der Waals surface area (Å²) in [5.74, 6) is 0.678. The Labute approximate surface area is 310 Å². The minimum atomic E-state index is -0.760. The number of unbranched alkanes of at least 4 members (excludes halogenated alkanes) is 23. The average molecular weight is 709 g/mol. The lowest BCUT2D eigenvalue weighted by atomic mass is 10.0. The fourth-order valence-electron chi connectivity index (χ4n) is 6.40. The third-order valence-corrected chi connectivity index (χ3v) is 9.72. The van der Waals surface area contributed by atoms with Gasteiger partial charge in [-0.3, -0.25) is 14.4 Å². The zero-order chi connectivity index (χ0) is 36.9. The van der Waals surface area contributed by atoms with Gasteiger partial charge >= 0.3 is 17.9 Å². The highest BCUT2D eigenvalue weighted by Crippen LogP contribution is 2.16. The Balaban J connectivity index is 4.34. The van der Waals surface area contributed by atoms with E-state index in [-0.39, 0.29) is 31.1 Å². The van der Waals surface area contributed by atoms with Crippen LogP contribution in [0.5, 0.6) is 0 Å². The first-order chi connectivity index (χ1) is 24.2. The van der Waals surface area contributed by atoms with Gasteiger partial charge in [0, 0.05) is 19.3 Å². The molecular formula is C44H84O6. The fraction of sp³-hybridized carbons (Fsp3) is 0.932. The maximum Gasteiger partial charge on any atom is 0.306 e. The Bertz CT molecular complexity index is 764. The molecule has 0 unspecified atom stereocenters. The average Bonchev–Trinajstić information content (AvgIpc) is 3.08. The number of hydrogen-bond donors (Lipinski definition) is 0. The molecule has 0 spiro atoms. The van der Waals surface area contributed by atoms with Crippen molar-refractivity contribution in [2.45, 2.75) is 240 Å². The lowest BCUT2D eigenvalue weighted by molar-refractivity contribution is -0.167. The van der Waals surface area contributed by atoms with Gasteiger partial charge in [-0.15, -0.1) is 0 Å². The highest BCUT2D eigenvalue weighted by molar-refractivity contribution is 5.71. The van der Waals surface area contributed by atoms with Crippen molar-refractivity contribution in [1.29, 1.82) is 0 Å². The molecule has 6 nitrogen and oxygen atoms in total. The van der Waals surface area contributed by atoms with E-state index in [2.05, 4.69) is 34.6 Å². The number of carbonyl (C=O) groups is 3. The molecule has 0 aliphatic carbocycles. The van der Waals surface area contributed by atoms with E-state index in [0.717, 1.165) is 69.6 Å². The number of hydrogen-bond acceptors (Lipinski definition) is 6. The minimum absolute atomic E-state index is 0.0668. The van der Waals surface area contributed by atoms with Crippen molar-refractivity contribution in [2.75, 3.05) is 13.2 Å². The van der Waals surface area contributed by atoms with Crippen LogP contribution in [-0.4, -0.2) is 37.2 Å². The van der Waals surface area contributed by atoms with E-state index in [9.17, 15) is 14.4 Å². The van der Waals surface area contributed by atoms with E-state index in [1.165, 1.54) is 122 Å². The van der Waals surface area contributed by atoms with Crippen LogP contribution in [-0.2, 0) is 28.6 Å². The van der Waals surface area contributed by atoms with Gasteiger partial charge in [-0.05, 0) is 31.1 Å². The summed E-state index contributed by atoms with van der Waals surface area (Å²) in [5.41, 5.74) is 0. The molecule has 0 aromatic carbocycles. The second kappa shape index (κ2) is 37.2. The standard InChI is InChI=1S/C44H84O6/c1-6-7-8-9-10-11-12-13-14-15-18-26-31-36-44(47)50-41(38-49-43(46)35-30-25-21-20-23-28-33-40(4)5)37-48-42(45)34-29-24-19-16-17-22-27-32-39(2)3/h39-41H,6-38H2,1-5H3/t41-/m0/s1. The van der Waals surface area contributed by atoms with Gasteiger partial charge in [0.15, 0.2) is 6.10 Å². The van der Waals surface area contributed by atoms with Crippen LogP contribution in [0.4, 0.5) is 0 Å². The van der Waals surface area contributed by atoms with E-state index < -0.39 is 6.10 Å². The van der Waals surface area contributed by atoms with E-state index in [4.69, 9.17) is 14.2 Å². The van der Waals surface area contributed by atoms with Crippen molar-refractivity contribution in [3.05, 3.63) is 0 Å². The van der Waals surface area contributed by atoms with E-state index >= 15 is 0 Å². The zero-order valence-corrected chi connectivity index (χ0v) is 34.0. The van der Waals surface area contributed by atoms with E-state index in [1.54, 1.807) is 0 Å². The minimum Gasteiger partial charge on any atom is -0.462 e. The monoisotopic (exact) mass is 709 g/mol. The van der Waals surface area contributed by atoms with Gasteiger partial charge in [0.05, 0.1) is 0 Å². The van der Waals surface area contributed by atoms with Crippen LogP contribution < -0.4 is 0 Å². The molecule has 0 saturated carbocycles. The van der Waals surface area contributed by atoms with Gasteiger partial charge in [-0.1, -0.05) is 195 Å². The molecule has 0 fully saturated rings. The zero-order valence-electron chi connectivity index (χ0n) is 34.0. The summed E-state index contributed by atoms with van der Waals surface area (Å²) in [5, 5.41) is 0. The van der Waals surface area contributed by atoms with Crippen LogP contribution >= 0.6 is 0 Å². The number of rotatable bonds is 38. The SMILES string of the molecule is CCCCCCCCCCCCCCCC(=O)O[C@@H](COC(=O)CCCCCCCCCC(C)C)COC(=O)CCCCCCCCC(C)C. The third kappa shape index (κ3) is 37.7. The molecule has 0 aliphatic heterocycles. The maximum atomic E-state index is 12.7. The highest BCUT2D eigenvalue weighted by atomic mass is 16.6. The summed E-state index contributed by atoms with van der Waals surface area (Å²) in [7, 11) is 0. The van der Waals surface area contributed by atoms with Crippen molar-refractivity contribution in [1.82, 2.24) is 0 Å². The molecule has 0 N–H and O–H groups in total. The molecule has 0 heterocycles. The predicted octanol–water partition coefficient (Wildman–Crippen LogP) is 13.4. The van der Waals surface area contributed by atoms with E-state index in [0.29, 0.717) is 19.3 Å². The summed E-state index contributed by atoms with van der Waals surface area (Å²) in [6.07, 6.45) is 33.9. The van der Waals surface area contributed by atoms with Crippen LogP contribution in [0.2, 0.25) is 0 Å². The first kappa shape index (κ1) is 48.4. The molecule has 0 aromatic heterocycles. The summed E-state index contributed by atoms with van der Waals surface area (Å²) in [4.78, 5) is 37.6. The second-order valence-electron chi connectivity index (χ2n) is 15.9. The summed E-state index contributed by atoms with van der Waals surface area (Å²) >= 11 is 0. The first-order valence-electron chi connectivity index (χ1n) is 21.7. The molecule has 0 amide bonds. The molecule has 50 heavy (non-hydrogen) atoms. The van der Waals surface area contributed by atoms with Crippen molar-refractivity contribution >= 4 is 17.9 Å². The van der Waals surface area contributed by atoms with Crippen LogP contribution in [0.25, 0.3) is 0 Å². The summed E-state index contributed by atoms with van der Waals surface area (Å²) in [6.45, 7) is 11.2. The molecular weight excluding hydrogens is 624 g/mol. The number of carbonyl (C=O) groups excluding carboxylic acids is 3. The number of ether oxygens (including phenoxy) is 3. The van der Waals surface area contributed by atoms with Gasteiger partial charge in [0.1, 0.15) is 13.2 Å². The molecule has 0 bridgehead atoms. The van der Waals surface area contributed by atoms with E-state index in [1.807, 2.05) is 0 Å². The van der Waals surface area contributed by atoms with Gasteiger partial charge in [0.2, 0.25) is 0 Å². The third-order valence-electron chi connectivity index (χ3n) is 9.72. The Kier molecular flexibility index (Phi) is 36.0. The van der Waals surface area contributed by atoms with Crippen LogP contribution in [0, 0.1) is 11.8 Å². The van der Waals surface area contributed by atoms with Gasteiger partial charge < -0.3 is 14.2 Å². The van der Waals surface area contributed by atoms with Gasteiger partial charge in [-0.2, -0.15) is 0 Å². The lowest BCUT2D eigenvalue weighted by Gasteiger charge is -2.18. The maximum absolute atomic E-state index is 12.7. The molecule has 0 saturated heterocycles. The predicted molar refractivity (Wildman–Crippen MR) is 210 cm³/mol. The Morgan fingerprint density at radius 2 is 0.660 bits per heavy atom. The van der Waals surface area contributed by atoms with Crippen molar-refractivity contribution < 1.29 is 28.6 Å². The van der Waals surface area contributed by atoms with Crippen LogP contribution in [0.3, 0.4) is 0 Å². The molecule has 0 aliphatic rings. The van der Waals surface area contributed by atoms with Crippen molar-refractivity contribution in [3.63, 3.8) is 0 Å². The van der Waals surface area contributed by atoms with Gasteiger partial charge in [0.25, 0.3) is 0 Å². The Morgan fingerprint density at radius 3 is 0.980 bits per heavy atom. The lowest BCUT2D eigenvalue weighted by Crippen LogP contribution is -2.30. The fourth-order valence-corrected chi connectivity index (χ4v) is 6.40. The second-order valence-corrected chi connectivity index (χ2v) is 15.9. The normalized spacial score (nSPS) is 12.1. The Morgan fingerprint density at radius 1 is 0.380 bits per heavy atom. The smallest absolute Gasteiger partial charge is 0.306 e. The molecule has 0 radical (unpaired) electrons. The molecule has 6 heteroatoms. The summed E-state index contributed by atoms with van der Waals surface area (Å²) < 4.78 is 16.7. The van der Waals surface area contributed by atoms with Crippen LogP contribution in [0.15, 0.2) is 0 Å². The summed E-state index contributed by atoms with van der Waals surface area (Å²) in [6, 6.07) is 0. The van der Waals surface area contributed by atoms with Crippen LogP contribution in [0.1, 0.15) is 234 Å². The molecule has 0 aromatic rings.